The molecule has 0 fully saturated rings. The second-order valence-corrected chi connectivity index (χ2v) is 4.94. The lowest BCUT2D eigenvalue weighted by molar-refractivity contribution is -0.121. The fourth-order valence-electron chi connectivity index (χ4n) is 2.64. The molecule has 1 rings (SSSR count). The molecular weight excluding hydrogens is 204 g/mol. The van der Waals surface area contributed by atoms with Gasteiger partial charge in [-0.2, -0.15) is 0 Å². The van der Waals surface area contributed by atoms with E-state index in [1.165, 1.54) is 5.57 Å². The standard InChI is InChI=1S/C12H22O2Si/c1-5-6-7-12(14-15)9(3)8(2)11(13)10(12)4/h10H,5-7H2,1-4,15H3. The van der Waals surface area contributed by atoms with E-state index in [0.717, 1.165) is 24.8 Å². The summed E-state index contributed by atoms with van der Waals surface area (Å²) in [5, 5.41) is 0. The van der Waals surface area contributed by atoms with Gasteiger partial charge in [0, 0.05) is 0 Å². The normalized spacial score (nSPS) is 31.7. The van der Waals surface area contributed by atoms with Gasteiger partial charge in [-0.25, -0.2) is 0 Å². The minimum absolute atomic E-state index is 0.0153. The first kappa shape index (κ1) is 12.7. The van der Waals surface area contributed by atoms with Crippen molar-refractivity contribution in [2.75, 3.05) is 0 Å². The summed E-state index contributed by atoms with van der Waals surface area (Å²) in [6, 6.07) is 0. The number of ketones is 1. The Hall–Kier alpha value is -0.413. The minimum Gasteiger partial charge on any atom is -0.418 e. The van der Waals surface area contributed by atoms with Gasteiger partial charge in [-0.05, 0) is 31.4 Å². The summed E-state index contributed by atoms with van der Waals surface area (Å²) in [5.74, 6) is 0.293. The average molecular weight is 226 g/mol. The van der Waals surface area contributed by atoms with E-state index in [1.807, 2.05) is 13.8 Å². The van der Waals surface area contributed by atoms with Gasteiger partial charge in [-0.15, -0.1) is 0 Å². The molecule has 0 bridgehead atoms. The zero-order chi connectivity index (χ0) is 11.6. The lowest BCUT2D eigenvalue weighted by Gasteiger charge is -2.34. The van der Waals surface area contributed by atoms with E-state index >= 15 is 0 Å². The van der Waals surface area contributed by atoms with Crippen LogP contribution in [-0.4, -0.2) is 21.9 Å². The third-order valence-electron chi connectivity index (χ3n) is 3.93. The van der Waals surface area contributed by atoms with Crippen LogP contribution in [0, 0.1) is 5.92 Å². The Balaban J connectivity index is 3.03. The Morgan fingerprint density at radius 3 is 2.40 bits per heavy atom. The molecule has 0 spiro atoms. The third-order valence-corrected chi connectivity index (χ3v) is 4.65. The van der Waals surface area contributed by atoms with Crippen LogP contribution in [-0.2, 0) is 9.22 Å². The zero-order valence-electron chi connectivity index (χ0n) is 10.5. The fraction of sp³-hybridized carbons (Fsp3) is 0.750. The maximum absolute atomic E-state index is 11.9. The molecule has 15 heavy (non-hydrogen) atoms. The van der Waals surface area contributed by atoms with Gasteiger partial charge in [0.15, 0.2) is 5.78 Å². The number of Topliss-reactive ketones (excluding diaryl/α,β-unsaturated/α-hetero) is 1. The highest BCUT2D eigenvalue weighted by molar-refractivity contribution is 6.04. The minimum atomic E-state index is -0.261. The number of rotatable bonds is 4. The maximum Gasteiger partial charge on any atom is 0.164 e. The number of carbonyl (C=O) groups excluding carboxylic acids is 1. The third kappa shape index (κ3) is 1.83. The van der Waals surface area contributed by atoms with Crippen LogP contribution < -0.4 is 0 Å². The molecule has 0 aromatic rings. The van der Waals surface area contributed by atoms with Gasteiger partial charge in [0.25, 0.3) is 0 Å². The number of hydrogen-bond donors (Lipinski definition) is 0. The van der Waals surface area contributed by atoms with Crippen LogP contribution in [0.15, 0.2) is 11.1 Å². The summed E-state index contributed by atoms with van der Waals surface area (Å²) in [6.07, 6.45) is 3.27. The largest absolute Gasteiger partial charge is 0.418 e. The van der Waals surface area contributed by atoms with Crippen molar-refractivity contribution in [1.82, 2.24) is 0 Å². The quantitative estimate of drug-likeness (QED) is 0.683. The molecule has 0 radical (unpaired) electrons. The predicted octanol–water partition coefficient (Wildman–Crippen LogP) is 1.77. The molecule has 2 atom stereocenters. The summed E-state index contributed by atoms with van der Waals surface area (Å²) >= 11 is 0. The molecular formula is C12H22O2Si. The molecule has 86 valence electrons. The second kappa shape index (κ2) is 4.62. The Morgan fingerprint density at radius 1 is 1.47 bits per heavy atom. The summed E-state index contributed by atoms with van der Waals surface area (Å²) in [4.78, 5) is 11.9. The van der Waals surface area contributed by atoms with Crippen molar-refractivity contribution in [2.24, 2.45) is 5.92 Å². The lowest BCUT2D eigenvalue weighted by Crippen LogP contribution is -2.39. The van der Waals surface area contributed by atoms with E-state index in [9.17, 15) is 4.79 Å². The van der Waals surface area contributed by atoms with Crippen LogP contribution in [0.3, 0.4) is 0 Å². The van der Waals surface area contributed by atoms with Gasteiger partial charge in [-0.3, -0.25) is 4.79 Å². The molecule has 0 aliphatic heterocycles. The first-order chi connectivity index (χ1) is 7.01. The van der Waals surface area contributed by atoms with Crippen molar-refractivity contribution in [3.8, 4) is 0 Å². The second-order valence-electron chi connectivity index (χ2n) is 4.53. The molecule has 0 amide bonds. The zero-order valence-corrected chi connectivity index (χ0v) is 12.5. The molecule has 1 aliphatic carbocycles. The highest BCUT2D eigenvalue weighted by atomic mass is 28.2. The fourth-order valence-corrected chi connectivity index (χ4v) is 3.50. The molecule has 3 heteroatoms. The molecule has 0 saturated heterocycles. The highest BCUT2D eigenvalue weighted by Crippen LogP contribution is 2.43. The van der Waals surface area contributed by atoms with Crippen LogP contribution in [0.25, 0.3) is 0 Å². The van der Waals surface area contributed by atoms with Gasteiger partial charge >= 0.3 is 0 Å². The SMILES string of the molecule is CCCCC1(O[SiH3])C(C)=C(C)C(=O)C1C. The Labute approximate surface area is 95.6 Å². The van der Waals surface area contributed by atoms with Crippen LogP contribution in [0.1, 0.15) is 47.0 Å². The Kier molecular flexibility index (Phi) is 3.90. The number of carbonyl (C=O) groups is 1. The first-order valence-corrected chi connectivity index (χ1v) is 6.60. The summed E-state index contributed by atoms with van der Waals surface area (Å²) in [5.41, 5.74) is 1.83. The van der Waals surface area contributed by atoms with Crippen LogP contribution >= 0.6 is 0 Å². The van der Waals surface area contributed by atoms with Crippen molar-refractivity contribution >= 4 is 16.3 Å². The average Bonchev–Trinajstić information content (AvgIpc) is 2.41. The molecule has 1 aliphatic rings. The molecule has 0 N–H and O–H groups in total. The van der Waals surface area contributed by atoms with Crippen molar-refractivity contribution in [2.45, 2.75) is 52.6 Å². The Bertz CT molecular complexity index is 296. The van der Waals surface area contributed by atoms with Gasteiger partial charge in [0.2, 0.25) is 0 Å². The molecule has 0 heterocycles. The van der Waals surface area contributed by atoms with E-state index in [1.54, 1.807) is 0 Å². The van der Waals surface area contributed by atoms with Crippen molar-refractivity contribution < 1.29 is 9.22 Å². The Morgan fingerprint density at radius 2 is 2.07 bits per heavy atom. The highest BCUT2D eigenvalue weighted by Gasteiger charge is 2.47. The van der Waals surface area contributed by atoms with Crippen molar-refractivity contribution in [3.05, 3.63) is 11.1 Å². The molecule has 2 unspecified atom stereocenters. The molecule has 2 nitrogen and oxygen atoms in total. The summed E-state index contributed by atoms with van der Waals surface area (Å²) in [6.45, 7) is 8.18. The van der Waals surface area contributed by atoms with Gasteiger partial charge in [0.1, 0.15) is 10.5 Å². The monoisotopic (exact) mass is 226 g/mol. The van der Waals surface area contributed by atoms with Crippen LogP contribution in [0.2, 0.25) is 0 Å². The van der Waals surface area contributed by atoms with Gasteiger partial charge < -0.3 is 4.43 Å². The molecule has 0 aromatic heterocycles. The van der Waals surface area contributed by atoms with Gasteiger partial charge in [0.05, 0.1) is 11.5 Å². The smallest absolute Gasteiger partial charge is 0.164 e. The predicted molar refractivity (Wildman–Crippen MR) is 65.8 cm³/mol. The van der Waals surface area contributed by atoms with E-state index in [4.69, 9.17) is 4.43 Å². The summed E-state index contributed by atoms with van der Waals surface area (Å²) in [7, 11) is 0.695. The van der Waals surface area contributed by atoms with E-state index < -0.39 is 0 Å². The number of hydrogen-bond acceptors (Lipinski definition) is 2. The van der Waals surface area contributed by atoms with E-state index in [2.05, 4.69) is 13.8 Å². The molecule has 0 saturated carbocycles. The molecule has 0 aromatic carbocycles. The summed E-state index contributed by atoms with van der Waals surface area (Å²) < 4.78 is 5.83. The van der Waals surface area contributed by atoms with E-state index in [-0.39, 0.29) is 17.3 Å². The van der Waals surface area contributed by atoms with Gasteiger partial charge in [-0.1, -0.05) is 26.7 Å². The van der Waals surface area contributed by atoms with Crippen LogP contribution in [0.4, 0.5) is 0 Å². The van der Waals surface area contributed by atoms with E-state index in [0.29, 0.717) is 10.5 Å². The van der Waals surface area contributed by atoms with Crippen molar-refractivity contribution in [1.29, 1.82) is 0 Å². The number of allylic oxidation sites excluding steroid dienone is 1. The number of unbranched alkanes of at least 4 members (excludes halogenated alkanes) is 1. The topological polar surface area (TPSA) is 26.3 Å². The maximum atomic E-state index is 11.9. The van der Waals surface area contributed by atoms with Crippen molar-refractivity contribution in [3.63, 3.8) is 0 Å². The van der Waals surface area contributed by atoms with Crippen LogP contribution in [0.5, 0.6) is 0 Å². The first-order valence-electron chi connectivity index (χ1n) is 5.78. The lowest BCUT2D eigenvalue weighted by atomic mass is 9.83.